The Morgan fingerprint density at radius 3 is 2.24 bits per heavy atom. The molecule has 0 saturated heterocycles. The Labute approximate surface area is 107 Å². The molecular weight excluding hydrogens is 295 g/mol. The summed E-state index contributed by atoms with van der Waals surface area (Å²) in [6.07, 6.45) is 0. The minimum Gasteiger partial charge on any atom is -0.599 e. The van der Waals surface area contributed by atoms with Gasteiger partial charge in [-0.05, 0) is 6.07 Å². The van der Waals surface area contributed by atoms with Gasteiger partial charge in [-0.15, -0.1) is 0 Å². The van der Waals surface area contributed by atoms with Crippen LogP contribution in [0, 0.1) is 20.2 Å². The molecule has 0 fully saturated rings. The van der Waals surface area contributed by atoms with Crippen molar-refractivity contribution in [1.29, 1.82) is 0 Å². The maximum Gasteiger partial charge on any atom is 0.355 e. The molecule has 92 valence electrons. The fraction of sp³-hybridized carbons (Fsp3) is 0.143. The molecule has 7 nitrogen and oxygen atoms in total. The van der Waals surface area contributed by atoms with E-state index in [1.54, 1.807) is 0 Å². The summed E-state index contributed by atoms with van der Waals surface area (Å²) < 4.78 is 10.8. The van der Waals surface area contributed by atoms with Crippen LogP contribution in [-0.2, 0) is 16.1 Å². The molecule has 0 radical (unpaired) electrons. The lowest BCUT2D eigenvalue weighted by atomic mass is 10.1. The van der Waals surface area contributed by atoms with Crippen molar-refractivity contribution in [3.63, 3.8) is 0 Å². The SMILES string of the molecule is O=[N+]([O-])c1ccc(Cl)c(C[S+]([O-])Cl)c1[N+](=O)[O-]. The first-order valence-corrected chi connectivity index (χ1v) is 6.51. The van der Waals surface area contributed by atoms with Gasteiger partial charge in [-0.25, -0.2) is 0 Å². The van der Waals surface area contributed by atoms with Crippen LogP contribution in [0.25, 0.3) is 0 Å². The summed E-state index contributed by atoms with van der Waals surface area (Å²) in [6, 6.07) is 2.05. The summed E-state index contributed by atoms with van der Waals surface area (Å²) in [7, 11) is 3.30. The van der Waals surface area contributed by atoms with E-state index < -0.39 is 37.4 Å². The lowest BCUT2D eigenvalue weighted by molar-refractivity contribution is -0.422. The lowest BCUT2D eigenvalue weighted by Gasteiger charge is -2.05. The van der Waals surface area contributed by atoms with Gasteiger partial charge in [0, 0.05) is 6.07 Å². The predicted molar refractivity (Wildman–Crippen MR) is 62.5 cm³/mol. The number of nitro benzene ring substituents is 2. The van der Waals surface area contributed by atoms with Crippen LogP contribution in [-0.4, -0.2) is 14.4 Å². The summed E-state index contributed by atoms with van der Waals surface area (Å²) in [5.74, 6) is -0.432. The molecule has 0 spiro atoms. The van der Waals surface area contributed by atoms with Gasteiger partial charge in [0.2, 0.25) is 0 Å². The third-order valence-electron chi connectivity index (χ3n) is 1.84. The van der Waals surface area contributed by atoms with Gasteiger partial charge in [-0.1, -0.05) is 11.6 Å². The van der Waals surface area contributed by atoms with Gasteiger partial charge in [0.05, 0.1) is 25.3 Å². The Kier molecular flexibility index (Phi) is 4.52. The first-order valence-electron chi connectivity index (χ1n) is 3.99. The van der Waals surface area contributed by atoms with Crippen molar-refractivity contribution in [3.05, 3.63) is 42.9 Å². The zero-order chi connectivity index (χ0) is 13.2. The minimum atomic E-state index is -1.91. The maximum absolute atomic E-state index is 10.8. The van der Waals surface area contributed by atoms with Crippen molar-refractivity contribution in [2.75, 3.05) is 0 Å². The second-order valence-corrected chi connectivity index (χ2v) is 5.15. The molecule has 10 heteroatoms. The molecule has 0 bridgehead atoms. The second-order valence-electron chi connectivity index (χ2n) is 2.84. The van der Waals surface area contributed by atoms with Crippen LogP contribution in [0.3, 0.4) is 0 Å². The van der Waals surface area contributed by atoms with E-state index in [-0.39, 0.29) is 10.6 Å². The van der Waals surface area contributed by atoms with E-state index in [4.69, 9.17) is 22.3 Å². The Bertz CT molecular complexity index is 482. The zero-order valence-electron chi connectivity index (χ0n) is 7.96. The molecule has 0 aromatic heterocycles. The highest BCUT2D eigenvalue weighted by molar-refractivity contribution is 8.13. The van der Waals surface area contributed by atoms with E-state index in [0.717, 1.165) is 12.1 Å². The fourth-order valence-corrected chi connectivity index (χ4v) is 2.35. The molecule has 0 aliphatic rings. The van der Waals surface area contributed by atoms with E-state index in [2.05, 4.69) is 0 Å². The number of nitrogens with zero attached hydrogens (tertiary/aromatic N) is 2. The number of halogens is 2. The molecule has 1 aromatic rings. The summed E-state index contributed by atoms with van der Waals surface area (Å²) in [6.45, 7) is 0. The van der Waals surface area contributed by atoms with Crippen molar-refractivity contribution in [1.82, 2.24) is 0 Å². The average molecular weight is 299 g/mol. The first kappa shape index (κ1) is 14.0. The standard InChI is InChI=1S/C7H4Cl2N2O5S/c8-5-1-2-6(10(12)13)7(11(14)15)4(5)3-17(9)16/h1-2H,3H2. The fourth-order valence-electron chi connectivity index (χ4n) is 1.20. The van der Waals surface area contributed by atoms with E-state index >= 15 is 0 Å². The Morgan fingerprint density at radius 2 is 1.82 bits per heavy atom. The number of hydrogen-bond acceptors (Lipinski definition) is 5. The topological polar surface area (TPSA) is 109 Å². The third kappa shape index (κ3) is 3.19. The molecule has 0 N–H and O–H groups in total. The molecule has 1 rings (SSSR count). The Hall–Kier alpha value is -1.09. The van der Waals surface area contributed by atoms with Crippen LogP contribution in [0.5, 0.6) is 0 Å². The van der Waals surface area contributed by atoms with Crippen LogP contribution < -0.4 is 0 Å². The molecule has 17 heavy (non-hydrogen) atoms. The van der Waals surface area contributed by atoms with E-state index in [1.807, 2.05) is 0 Å². The van der Waals surface area contributed by atoms with Gasteiger partial charge in [0.15, 0.2) is 16.4 Å². The van der Waals surface area contributed by atoms with Crippen LogP contribution >= 0.6 is 22.3 Å². The first-order chi connectivity index (χ1) is 7.84. The number of nitro groups is 2. The van der Waals surface area contributed by atoms with Crippen molar-refractivity contribution in [2.45, 2.75) is 5.75 Å². The highest BCUT2D eigenvalue weighted by Crippen LogP contribution is 2.36. The summed E-state index contributed by atoms with van der Waals surface area (Å²) in [5, 5.41) is 21.3. The quantitative estimate of drug-likeness (QED) is 0.482. The molecule has 0 heterocycles. The minimum absolute atomic E-state index is 0.0868. The largest absolute Gasteiger partial charge is 0.599 e. The normalized spacial score (nSPS) is 12.2. The molecule has 0 amide bonds. The van der Waals surface area contributed by atoms with Gasteiger partial charge in [-0.3, -0.25) is 20.2 Å². The van der Waals surface area contributed by atoms with Crippen LogP contribution in [0.2, 0.25) is 5.02 Å². The van der Waals surface area contributed by atoms with Crippen molar-refractivity contribution in [3.8, 4) is 0 Å². The predicted octanol–water partition coefficient (Wildman–Crippen LogP) is 2.56. The maximum atomic E-state index is 10.8. The molecule has 1 unspecified atom stereocenters. The summed E-state index contributed by atoms with van der Waals surface area (Å²) in [4.78, 5) is 19.6. The van der Waals surface area contributed by atoms with Crippen molar-refractivity contribution in [2.24, 2.45) is 0 Å². The van der Waals surface area contributed by atoms with E-state index in [1.165, 1.54) is 0 Å². The van der Waals surface area contributed by atoms with E-state index in [9.17, 15) is 24.8 Å². The van der Waals surface area contributed by atoms with Crippen LogP contribution in [0.15, 0.2) is 12.1 Å². The lowest BCUT2D eigenvalue weighted by Crippen LogP contribution is -2.04. The van der Waals surface area contributed by atoms with Crippen molar-refractivity contribution >= 4 is 44.0 Å². The molecule has 0 saturated carbocycles. The second kappa shape index (κ2) is 5.50. The number of rotatable bonds is 4. The molecular formula is C7H4Cl2N2O5S. The number of benzene rings is 1. The highest BCUT2D eigenvalue weighted by Gasteiger charge is 2.32. The van der Waals surface area contributed by atoms with Gasteiger partial charge in [0.25, 0.3) is 0 Å². The number of hydrogen-bond donors (Lipinski definition) is 0. The summed E-state index contributed by atoms with van der Waals surface area (Å²) >= 11 is 5.67. The Morgan fingerprint density at radius 1 is 1.24 bits per heavy atom. The van der Waals surface area contributed by atoms with Gasteiger partial charge >= 0.3 is 11.4 Å². The monoisotopic (exact) mass is 298 g/mol. The van der Waals surface area contributed by atoms with Crippen molar-refractivity contribution < 1.29 is 14.4 Å². The van der Waals surface area contributed by atoms with Crippen LogP contribution in [0.1, 0.15) is 5.56 Å². The van der Waals surface area contributed by atoms with Crippen LogP contribution in [0.4, 0.5) is 11.4 Å². The molecule has 1 aromatic carbocycles. The summed E-state index contributed by atoms with van der Waals surface area (Å²) in [5.41, 5.74) is -1.70. The van der Waals surface area contributed by atoms with Gasteiger partial charge in [0.1, 0.15) is 5.56 Å². The van der Waals surface area contributed by atoms with Gasteiger partial charge in [-0.2, -0.15) is 0 Å². The molecule has 0 aliphatic heterocycles. The molecule has 0 aliphatic carbocycles. The Balaban J connectivity index is 3.48. The smallest absolute Gasteiger partial charge is 0.355 e. The highest BCUT2D eigenvalue weighted by atomic mass is 35.7. The van der Waals surface area contributed by atoms with Gasteiger partial charge < -0.3 is 4.55 Å². The average Bonchev–Trinajstić information content (AvgIpc) is 2.19. The molecule has 1 atom stereocenters. The third-order valence-corrected chi connectivity index (χ3v) is 3.04. The van der Waals surface area contributed by atoms with E-state index in [0.29, 0.717) is 0 Å². The zero-order valence-corrected chi connectivity index (χ0v) is 10.3.